The molecule has 1 aromatic rings. The summed E-state index contributed by atoms with van der Waals surface area (Å²) in [5, 5.41) is 0. The topological polar surface area (TPSA) is 72.2 Å². The lowest BCUT2D eigenvalue weighted by Gasteiger charge is -2.11. The van der Waals surface area contributed by atoms with Crippen molar-refractivity contribution in [3.05, 3.63) is 21.1 Å². The fraction of sp³-hybridized carbons (Fsp3) is 0.333. The third kappa shape index (κ3) is 4.80. The predicted octanol–water partition coefficient (Wildman–Crippen LogP) is 2.88. The van der Waals surface area contributed by atoms with E-state index in [9.17, 15) is 8.42 Å². The van der Waals surface area contributed by atoms with Crippen LogP contribution in [0, 0.1) is 12.3 Å². The molecular weight excluding hydrogens is 396 g/mol. The van der Waals surface area contributed by atoms with Crippen molar-refractivity contribution in [3.8, 4) is 12.3 Å². The number of nitrogen functional groups attached to an aromatic ring is 1. The van der Waals surface area contributed by atoms with Crippen LogP contribution in [0.3, 0.4) is 0 Å². The van der Waals surface area contributed by atoms with Gasteiger partial charge in [-0.1, -0.05) is 0 Å². The van der Waals surface area contributed by atoms with Crippen LogP contribution in [-0.4, -0.2) is 15.0 Å². The molecule has 19 heavy (non-hydrogen) atoms. The Bertz CT molecular complexity index is 571. The van der Waals surface area contributed by atoms with Gasteiger partial charge in [-0.15, -0.1) is 12.3 Å². The first kappa shape index (κ1) is 16.5. The number of nitrogens with one attached hydrogen (secondary N) is 1. The first-order chi connectivity index (χ1) is 8.88. The molecule has 104 valence electrons. The second kappa shape index (κ2) is 7.29. The number of terminal acetylenes is 1. The normalized spacial score (nSPS) is 11.2. The molecule has 0 fully saturated rings. The highest BCUT2D eigenvalue weighted by Crippen LogP contribution is 2.32. The SMILES string of the molecule is C#CCCCCNS(=O)(=O)c1c(Br)cc(N)cc1Br. The summed E-state index contributed by atoms with van der Waals surface area (Å²) in [7, 11) is -3.58. The van der Waals surface area contributed by atoms with Crippen LogP contribution in [0.1, 0.15) is 19.3 Å². The zero-order valence-corrected chi connectivity index (χ0v) is 14.1. The number of sulfonamides is 1. The third-order valence-corrected chi connectivity index (χ3v) is 5.67. The van der Waals surface area contributed by atoms with E-state index in [1.165, 1.54) is 0 Å². The zero-order chi connectivity index (χ0) is 14.5. The molecule has 7 heteroatoms. The van der Waals surface area contributed by atoms with E-state index in [0.717, 1.165) is 6.42 Å². The molecule has 0 spiro atoms. The first-order valence-electron chi connectivity index (χ1n) is 5.56. The van der Waals surface area contributed by atoms with E-state index >= 15 is 0 Å². The largest absolute Gasteiger partial charge is 0.399 e. The fourth-order valence-electron chi connectivity index (χ4n) is 1.47. The van der Waals surface area contributed by atoms with Crippen LogP contribution < -0.4 is 10.5 Å². The molecule has 0 radical (unpaired) electrons. The number of benzene rings is 1. The van der Waals surface area contributed by atoms with Crippen molar-refractivity contribution in [1.29, 1.82) is 0 Å². The second-order valence-corrected chi connectivity index (χ2v) is 7.29. The number of rotatable bonds is 6. The molecule has 1 rings (SSSR count). The highest BCUT2D eigenvalue weighted by molar-refractivity contribution is 9.11. The fourth-order valence-corrected chi connectivity index (χ4v) is 5.16. The minimum absolute atomic E-state index is 0.152. The monoisotopic (exact) mass is 408 g/mol. The van der Waals surface area contributed by atoms with Crippen molar-refractivity contribution in [2.45, 2.75) is 24.2 Å². The van der Waals surface area contributed by atoms with Crippen LogP contribution in [0.25, 0.3) is 0 Å². The van der Waals surface area contributed by atoms with E-state index in [0.29, 0.717) is 34.0 Å². The van der Waals surface area contributed by atoms with Crippen LogP contribution >= 0.6 is 31.9 Å². The Morgan fingerprint density at radius 2 is 1.84 bits per heavy atom. The van der Waals surface area contributed by atoms with Crippen LogP contribution in [-0.2, 0) is 10.0 Å². The standard InChI is InChI=1S/C12H14Br2N2O2S/c1-2-3-4-5-6-16-19(17,18)12-10(13)7-9(15)8-11(12)14/h1,7-8,16H,3-6,15H2. The van der Waals surface area contributed by atoms with Crippen LogP contribution in [0.5, 0.6) is 0 Å². The van der Waals surface area contributed by atoms with Gasteiger partial charge in [0.15, 0.2) is 0 Å². The smallest absolute Gasteiger partial charge is 0.242 e. The average molecular weight is 410 g/mol. The summed E-state index contributed by atoms with van der Waals surface area (Å²) in [6.07, 6.45) is 7.28. The van der Waals surface area contributed by atoms with Gasteiger partial charge in [-0.05, 0) is 56.8 Å². The van der Waals surface area contributed by atoms with Gasteiger partial charge in [0.25, 0.3) is 0 Å². The maximum absolute atomic E-state index is 12.2. The Labute approximate surface area is 130 Å². The van der Waals surface area contributed by atoms with Gasteiger partial charge in [0.1, 0.15) is 4.90 Å². The molecule has 0 saturated carbocycles. The summed E-state index contributed by atoms with van der Waals surface area (Å²) in [6, 6.07) is 3.11. The molecule has 0 aliphatic rings. The molecular formula is C12H14Br2N2O2S. The molecule has 0 bridgehead atoms. The van der Waals surface area contributed by atoms with E-state index in [1.54, 1.807) is 12.1 Å². The molecule has 4 nitrogen and oxygen atoms in total. The van der Waals surface area contributed by atoms with E-state index in [-0.39, 0.29) is 4.90 Å². The first-order valence-corrected chi connectivity index (χ1v) is 8.63. The van der Waals surface area contributed by atoms with Gasteiger partial charge in [-0.2, -0.15) is 0 Å². The van der Waals surface area contributed by atoms with Crippen LogP contribution in [0.2, 0.25) is 0 Å². The van der Waals surface area contributed by atoms with Gasteiger partial charge >= 0.3 is 0 Å². The van der Waals surface area contributed by atoms with Gasteiger partial charge in [-0.3, -0.25) is 0 Å². The molecule has 3 N–H and O–H groups in total. The number of halogens is 2. The molecule has 0 saturated heterocycles. The van der Waals surface area contributed by atoms with Crippen molar-refractivity contribution in [3.63, 3.8) is 0 Å². The van der Waals surface area contributed by atoms with Gasteiger partial charge in [0, 0.05) is 27.6 Å². The van der Waals surface area contributed by atoms with Gasteiger partial charge in [0.2, 0.25) is 10.0 Å². The Balaban J connectivity index is 2.81. The zero-order valence-electron chi connectivity index (χ0n) is 10.1. The summed E-state index contributed by atoms with van der Waals surface area (Å²) in [5.41, 5.74) is 6.11. The van der Waals surface area contributed by atoms with E-state index in [1.807, 2.05) is 0 Å². The van der Waals surface area contributed by atoms with Crippen molar-refractivity contribution >= 4 is 47.6 Å². The van der Waals surface area contributed by atoms with E-state index < -0.39 is 10.0 Å². The van der Waals surface area contributed by atoms with Crippen molar-refractivity contribution < 1.29 is 8.42 Å². The second-order valence-electron chi connectivity index (χ2n) is 3.87. The number of unbranched alkanes of at least 4 members (excludes halogenated alkanes) is 2. The molecule has 0 aliphatic heterocycles. The summed E-state index contributed by atoms with van der Waals surface area (Å²) in [6.45, 7) is 0.354. The molecule has 0 heterocycles. The molecule has 1 aromatic carbocycles. The Kier molecular flexibility index (Phi) is 6.33. The van der Waals surface area contributed by atoms with Crippen LogP contribution in [0.4, 0.5) is 5.69 Å². The van der Waals surface area contributed by atoms with Crippen LogP contribution in [0.15, 0.2) is 26.0 Å². The van der Waals surface area contributed by atoms with Gasteiger partial charge < -0.3 is 5.73 Å². The van der Waals surface area contributed by atoms with Gasteiger partial charge in [-0.25, -0.2) is 13.1 Å². The quantitative estimate of drug-likeness (QED) is 0.431. The Morgan fingerprint density at radius 1 is 1.26 bits per heavy atom. The molecule has 0 aromatic heterocycles. The summed E-state index contributed by atoms with van der Waals surface area (Å²) in [5.74, 6) is 2.52. The minimum atomic E-state index is -3.58. The molecule has 0 unspecified atom stereocenters. The highest BCUT2D eigenvalue weighted by Gasteiger charge is 2.21. The lowest BCUT2D eigenvalue weighted by molar-refractivity contribution is 0.576. The highest BCUT2D eigenvalue weighted by atomic mass is 79.9. The lowest BCUT2D eigenvalue weighted by Crippen LogP contribution is -2.25. The van der Waals surface area contributed by atoms with Crippen molar-refractivity contribution in [2.75, 3.05) is 12.3 Å². The summed E-state index contributed by atoms with van der Waals surface area (Å²) in [4.78, 5) is 0.152. The minimum Gasteiger partial charge on any atom is -0.399 e. The average Bonchev–Trinajstić information content (AvgIpc) is 2.26. The van der Waals surface area contributed by atoms with Crippen molar-refractivity contribution in [2.24, 2.45) is 0 Å². The van der Waals surface area contributed by atoms with E-state index in [4.69, 9.17) is 12.2 Å². The number of hydrogen-bond donors (Lipinski definition) is 2. The molecule has 0 atom stereocenters. The summed E-state index contributed by atoms with van der Waals surface area (Å²) >= 11 is 6.42. The maximum Gasteiger partial charge on any atom is 0.242 e. The predicted molar refractivity (Wildman–Crippen MR) is 84.1 cm³/mol. The Hall–Kier alpha value is -0.550. The molecule has 0 amide bonds. The third-order valence-electron chi connectivity index (χ3n) is 2.33. The van der Waals surface area contributed by atoms with Crippen molar-refractivity contribution in [1.82, 2.24) is 4.72 Å². The number of nitrogens with two attached hydrogens (primary N) is 1. The number of anilines is 1. The lowest BCUT2D eigenvalue weighted by atomic mass is 10.2. The molecule has 0 aliphatic carbocycles. The Morgan fingerprint density at radius 3 is 2.37 bits per heavy atom. The number of hydrogen-bond acceptors (Lipinski definition) is 3. The summed E-state index contributed by atoms with van der Waals surface area (Å²) < 4.78 is 27.7. The maximum atomic E-state index is 12.2. The van der Waals surface area contributed by atoms with Gasteiger partial charge in [0.05, 0.1) is 0 Å². The van der Waals surface area contributed by atoms with E-state index in [2.05, 4.69) is 42.5 Å².